The van der Waals surface area contributed by atoms with Gasteiger partial charge in [-0.1, -0.05) is 60.7 Å². The molecule has 0 aliphatic carbocycles. The number of hydrogen-bond donors (Lipinski definition) is 13. The van der Waals surface area contributed by atoms with Gasteiger partial charge in [-0.05, 0) is 71.7 Å². The van der Waals surface area contributed by atoms with Crippen LogP contribution in [0.2, 0.25) is 0 Å². The molecule has 4 aromatic rings. The van der Waals surface area contributed by atoms with E-state index in [2.05, 4.69) is 46.4 Å². The largest absolute Gasteiger partial charge is 0.481 e. The van der Waals surface area contributed by atoms with Crippen molar-refractivity contribution in [1.82, 2.24) is 42.2 Å². The topological polar surface area (TPSA) is 421 Å². The molecule has 26 nitrogen and oxygen atoms in total. The molecule has 29 heteroatoms. The highest BCUT2D eigenvalue weighted by atomic mass is 32.3. The minimum atomic E-state index is -4.88. The quantitative estimate of drug-likeness (QED) is 0.0262. The smallest absolute Gasteiger partial charge is 0.446 e. The fourth-order valence-electron chi connectivity index (χ4n) is 7.60. The molecule has 0 spiro atoms. The molecule has 0 saturated carbocycles. The van der Waals surface area contributed by atoms with Gasteiger partial charge in [0, 0.05) is 36.4 Å². The van der Waals surface area contributed by atoms with Gasteiger partial charge in [-0.25, -0.2) is 4.79 Å². The molecule has 78 heavy (non-hydrogen) atoms. The molecule has 14 N–H and O–H groups in total. The maximum atomic E-state index is 14.3. The summed E-state index contributed by atoms with van der Waals surface area (Å²) in [6, 6.07) is 9.58. The minimum absolute atomic E-state index is 0.0187. The Balaban J connectivity index is 1.54. The number of amides is 7. The zero-order chi connectivity index (χ0) is 57.5. The summed E-state index contributed by atoms with van der Waals surface area (Å²) in [7, 11) is -4.88. The van der Waals surface area contributed by atoms with Crippen LogP contribution in [0.5, 0.6) is 5.75 Å². The van der Waals surface area contributed by atoms with Crippen molar-refractivity contribution in [2.24, 2.45) is 5.73 Å². The molecule has 1 aromatic heterocycles. The zero-order valence-electron chi connectivity index (χ0n) is 42.1. The number of nitrogens with one attached hydrogen (secondary N) is 8. The monoisotopic (exact) mass is 1140 g/mol. The molecule has 7 atom stereocenters. The van der Waals surface area contributed by atoms with E-state index >= 15 is 0 Å². The van der Waals surface area contributed by atoms with Crippen LogP contribution in [-0.4, -0.2) is 165 Å². The normalized spacial score (nSPS) is 13.9. The van der Waals surface area contributed by atoms with Gasteiger partial charge in [0.15, 0.2) is 0 Å². The Kier molecular flexibility index (Phi) is 24.9. The Morgan fingerprint density at radius 3 is 1.64 bits per heavy atom. The number of thioether (sulfide) groups is 2. The van der Waals surface area contributed by atoms with Crippen LogP contribution >= 0.6 is 23.5 Å². The van der Waals surface area contributed by atoms with Gasteiger partial charge in [-0.3, -0.25) is 47.7 Å². The predicted octanol–water partition coefficient (Wildman–Crippen LogP) is -0.730. The minimum Gasteiger partial charge on any atom is -0.481 e. The van der Waals surface area contributed by atoms with E-state index in [4.69, 9.17) is 10.3 Å². The van der Waals surface area contributed by atoms with Crippen molar-refractivity contribution < 1.29 is 80.4 Å². The molecule has 0 bridgehead atoms. The predicted molar refractivity (Wildman–Crippen MR) is 285 cm³/mol. The molecule has 0 saturated heterocycles. The molecular weight excluding hydrogens is 1080 g/mol. The highest BCUT2D eigenvalue weighted by Gasteiger charge is 2.34. The molecule has 7 amide bonds. The Morgan fingerprint density at radius 2 is 1.06 bits per heavy atom. The number of aromatic nitrogens is 1. The molecule has 0 aliphatic rings. The summed E-state index contributed by atoms with van der Waals surface area (Å²) in [5.41, 5.74) is 7.84. The lowest BCUT2D eigenvalue weighted by Crippen LogP contribution is -2.59. The summed E-state index contributed by atoms with van der Waals surface area (Å²) in [4.78, 5) is 135. The van der Waals surface area contributed by atoms with Gasteiger partial charge < -0.3 is 67.4 Å². The Morgan fingerprint density at radius 1 is 0.577 bits per heavy atom. The lowest BCUT2D eigenvalue weighted by atomic mass is 10.0. The van der Waals surface area contributed by atoms with Crippen molar-refractivity contribution in [2.45, 2.75) is 87.2 Å². The summed E-state index contributed by atoms with van der Waals surface area (Å²) < 4.78 is 35.8. The Bertz CT molecular complexity index is 2880. The maximum absolute atomic E-state index is 14.3. The second-order valence-electron chi connectivity index (χ2n) is 17.5. The number of fused-ring (bicyclic) bond motifs is 1. The van der Waals surface area contributed by atoms with Crippen molar-refractivity contribution in [3.05, 3.63) is 102 Å². The lowest BCUT2D eigenvalue weighted by Gasteiger charge is -2.26. The van der Waals surface area contributed by atoms with Crippen molar-refractivity contribution in [3.63, 3.8) is 0 Å². The molecule has 3 aromatic carbocycles. The number of rotatable bonds is 33. The number of aliphatic carboxylic acids is 3. The lowest BCUT2D eigenvalue weighted by molar-refractivity contribution is -0.143. The van der Waals surface area contributed by atoms with Gasteiger partial charge in [-0.15, -0.1) is 0 Å². The molecule has 0 aliphatic heterocycles. The Hall–Kier alpha value is -7.73. The van der Waals surface area contributed by atoms with Gasteiger partial charge in [0.2, 0.25) is 41.4 Å². The van der Waals surface area contributed by atoms with E-state index in [1.807, 2.05) is 0 Å². The van der Waals surface area contributed by atoms with E-state index in [1.165, 1.54) is 35.7 Å². The van der Waals surface area contributed by atoms with Crippen LogP contribution in [0, 0.1) is 0 Å². The third-order valence-electron chi connectivity index (χ3n) is 11.5. The number of carboxylic acid groups (broad SMARTS) is 3. The van der Waals surface area contributed by atoms with Gasteiger partial charge in [0.05, 0.1) is 25.4 Å². The van der Waals surface area contributed by atoms with Gasteiger partial charge in [-0.2, -0.15) is 31.9 Å². The van der Waals surface area contributed by atoms with Crippen molar-refractivity contribution in [2.75, 3.05) is 30.6 Å². The summed E-state index contributed by atoms with van der Waals surface area (Å²) in [5, 5.41) is 46.6. The van der Waals surface area contributed by atoms with E-state index in [0.29, 0.717) is 27.6 Å². The highest BCUT2D eigenvalue weighted by molar-refractivity contribution is 7.98. The summed E-state index contributed by atoms with van der Waals surface area (Å²) in [5.74, 6) is -10.9. The van der Waals surface area contributed by atoms with E-state index in [1.54, 1.807) is 73.3 Å². The van der Waals surface area contributed by atoms with Gasteiger partial charge in [0.25, 0.3) is 0 Å². The third-order valence-corrected chi connectivity index (χ3v) is 13.2. The molecule has 0 unspecified atom stereocenters. The molecule has 0 fully saturated rings. The molecule has 1 heterocycles. The van der Waals surface area contributed by atoms with Crippen LogP contribution in [-0.2, 0) is 77.6 Å². The summed E-state index contributed by atoms with van der Waals surface area (Å²) in [6.45, 7) is -0.770. The SMILES string of the molecule is CSCC[C@H](NC(=O)[C@H](Cc1ccc(OS(=O)(=O)O)cc1)NC(=O)[C@@H](N)CC(=O)O)C(=O)NCC(=O)N[C@@H](Cc1c[nH]c2ccccc12)C(=O)N[C@@H](CCSC)C(=O)N[C@@H](CC(=O)O)C(=O)N[C@@H](Cc1ccccc1)C(=O)O. The zero-order valence-corrected chi connectivity index (χ0v) is 44.5. The molecular formula is C49H61N9O17S3. The van der Waals surface area contributed by atoms with Crippen LogP contribution in [0.4, 0.5) is 0 Å². The average molecular weight is 1140 g/mol. The van der Waals surface area contributed by atoms with Crippen LogP contribution in [0.1, 0.15) is 42.4 Å². The average Bonchev–Trinajstić information content (AvgIpc) is 3.80. The number of nitrogens with two attached hydrogens (primary N) is 1. The summed E-state index contributed by atoms with van der Waals surface area (Å²) in [6.07, 6.45) is 2.54. The first kappa shape index (κ1) is 62.8. The standard InChI is InChI=1S/C49H61N9O17S3/c1-76-18-16-34(54-46(67)36(56-43(64)32(50)23-41(60)61)20-28-12-14-30(15-13-28)75-78(72,73)74)44(65)52-26-40(59)53-37(22-29-25-51-33-11-7-6-10-31(29)33)47(68)55-35(17-19-77-2)45(66)57-38(24-42(62)63)48(69)58-39(49(70)71)21-27-8-4-3-5-9-27/h3-15,25,32,34-39,51H,16-24,26,50H2,1-2H3,(H,52,65)(H,53,59)(H,54,67)(H,55,68)(H,56,64)(H,57,66)(H,58,69)(H,60,61)(H,62,63)(H,70,71)(H,72,73,74)/t32-,34-,35-,36-,37-,38-,39-/m0/s1. The van der Waals surface area contributed by atoms with E-state index in [0.717, 1.165) is 12.1 Å². The van der Waals surface area contributed by atoms with Crippen LogP contribution in [0.3, 0.4) is 0 Å². The van der Waals surface area contributed by atoms with Crippen molar-refractivity contribution in [1.29, 1.82) is 0 Å². The van der Waals surface area contributed by atoms with Crippen molar-refractivity contribution >= 4 is 104 Å². The van der Waals surface area contributed by atoms with Gasteiger partial charge in [0.1, 0.15) is 42.0 Å². The number of para-hydroxylation sites is 1. The maximum Gasteiger partial charge on any atom is 0.446 e. The first-order chi connectivity index (χ1) is 37.0. The highest BCUT2D eigenvalue weighted by Crippen LogP contribution is 2.20. The van der Waals surface area contributed by atoms with Crippen molar-refractivity contribution in [3.8, 4) is 5.75 Å². The number of aromatic amines is 1. The summed E-state index contributed by atoms with van der Waals surface area (Å²) >= 11 is 2.59. The molecule has 422 valence electrons. The first-order valence-corrected chi connectivity index (χ1v) is 28.0. The second-order valence-corrected chi connectivity index (χ2v) is 20.5. The number of benzene rings is 3. The van der Waals surface area contributed by atoms with Crippen LogP contribution < -0.4 is 47.1 Å². The number of H-pyrrole nitrogens is 1. The van der Waals surface area contributed by atoms with Gasteiger partial charge >= 0.3 is 28.3 Å². The molecule has 0 radical (unpaired) electrons. The third kappa shape index (κ3) is 21.4. The number of carbonyl (C=O) groups excluding carboxylic acids is 7. The number of carbonyl (C=O) groups is 10. The van der Waals surface area contributed by atoms with E-state index < -0.39 is 131 Å². The fraction of sp³-hybridized carbons (Fsp3) is 0.388. The van der Waals surface area contributed by atoms with E-state index in [-0.39, 0.29) is 49.4 Å². The van der Waals surface area contributed by atoms with Crippen LogP contribution in [0.15, 0.2) is 85.1 Å². The second kappa shape index (κ2) is 30.9. The van der Waals surface area contributed by atoms with E-state index in [9.17, 15) is 71.7 Å². The Labute approximate surface area is 455 Å². The molecule has 4 rings (SSSR count). The number of hydrogen-bond acceptors (Lipinski definition) is 16. The van der Waals surface area contributed by atoms with Crippen LogP contribution in [0.25, 0.3) is 10.9 Å². The first-order valence-electron chi connectivity index (χ1n) is 23.8. The fourth-order valence-corrected chi connectivity index (χ4v) is 8.90. The number of carboxylic acids is 3.